The van der Waals surface area contributed by atoms with Crippen LogP contribution in [-0.2, 0) is 0 Å². The fourth-order valence-corrected chi connectivity index (χ4v) is 2.40. The van der Waals surface area contributed by atoms with Crippen molar-refractivity contribution in [3.05, 3.63) is 41.5 Å². The summed E-state index contributed by atoms with van der Waals surface area (Å²) in [5, 5.41) is 1.87. The molecule has 0 aliphatic carbocycles. The van der Waals surface area contributed by atoms with Crippen LogP contribution in [0.15, 0.2) is 35.8 Å². The number of hydrogen-bond donors (Lipinski definition) is 1. The first-order valence-corrected chi connectivity index (χ1v) is 6.19. The van der Waals surface area contributed by atoms with Crippen LogP contribution in [0.2, 0.25) is 0 Å². The predicted octanol–water partition coefficient (Wildman–Crippen LogP) is 3.25. The number of benzene rings is 1. The highest BCUT2D eigenvalue weighted by atomic mass is 32.1. The van der Waals surface area contributed by atoms with E-state index in [1.54, 1.807) is 5.51 Å². The Morgan fingerprint density at radius 2 is 2.06 bits per heavy atom. The number of nitrogens with two attached hydrogens (primary N) is 1. The SMILES string of the molecule is Cc1ccc2cc(-c3ncsc3N)ccc2n1. The summed E-state index contributed by atoms with van der Waals surface area (Å²) in [5.74, 6) is 0. The van der Waals surface area contributed by atoms with Crippen LogP contribution in [0, 0.1) is 6.92 Å². The zero-order valence-corrected chi connectivity index (χ0v) is 10.2. The Morgan fingerprint density at radius 1 is 1.18 bits per heavy atom. The van der Waals surface area contributed by atoms with Gasteiger partial charge in [-0.3, -0.25) is 4.98 Å². The van der Waals surface area contributed by atoms with E-state index in [-0.39, 0.29) is 0 Å². The molecule has 0 bridgehead atoms. The summed E-state index contributed by atoms with van der Waals surface area (Å²) in [6.45, 7) is 1.99. The first-order chi connectivity index (χ1) is 8.24. The highest BCUT2D eigenvalue weighted by Crippen LogP contribution is 2.29. The third-order valence-electron chi connectivity index (χ3n) is 2.70. The Bertz CT molecular complexity index is 688. The third-order valence-corrected chi connectivity index (χ3v) is 3.35. The summed E-state index contributed by atoms with van der Waals surface area (Å²) in [6.07, 6.45) is 0. The highest BCUT2D eigenvalue weighted by Gasteiger charge is 2.06. The molecule has 3 nitrogen and oxygen atoms in total. The summed E-state index contributed by atoms with van der Waals surface area (Å²) in [5.41, 5.74) is 11.6. The second kappa shape index (κ2) is 3.82. The molecular formula is C13H11N3S. The van der Waals surface area contributed by atoms with Gasteiger partial charge in [0.05, 0.1) is 11.0 Å². The monoisotopic (exact) mass is 241 g/mol. The van der Waals surface area contributed by atoms with Gasteiger partial charge < -0.3 is 5.73 Å². The maximum absolute atomic E-state index is 5.88. The molecule has 0 aliphatic rings. The molecular weight excluding hydrogens is 230 g/mol. The second-order valence-electron chi connectivity index (χ2n) is 3.93. The standard InChI is InChI=1S/C13H11N3S/c1-8-2-3-9-6-10(4-5-11(9)16-8)12-13(14)17-7-15-12/h2-7H,14H2,1H3. The molecule has 0 amide bonds. The van der Waals surface area contributed by atoms with E-state index in [1.165, 1.54) is 11.3 Å². The van der Waals surface area contributed by atoms with Gasteiger partial charge in [0.1, 0.15) is 10.7 Å². The van der Waals surface area contributed by atoms with E-state index in [2.05, 4.69) is 22.1 Å². The second-order valence-corrected chi connectivity index (χ2v) is 4.81. The lowest BCUT2D eigenvalue weighted by Crippen LogP contribution is -1.87. The van der Waals surface area contributed by atoms with Gasteiger partial charge in [0.2, 0.25) is 0 Å². The number of aromatic nitrogens is 2. The fraction of sp³-hybridized carbons (Fsp3) is 0.0769. The molecule has 0 saturated carbocycles. The number of anilines is 1. The number of thiazole rings is 1. The molecule has 2 aromatic heterocycles. The van der Waals surface area contributed by atoms with E-state index in [4.69, 9.17) is 5.73 Å². The smallest absolute Gasteiger partial charge is 0.114 e. The molecule has 0 unspecified atom stereocenters. The van der Waals surface area contributed by atoms with Gasteiger partial charge in [-0.2, -0.15) is 0 Å². The van der Waals surface area contributed by atoms with Gasteiger partial charge in [-0.25, -0.2) is 4.98 Å². The molecule has 2 N–H and O–H groups in total. The molecule has 0 atom stereocenters. The van der Waals surface area contributed by atoms with E-state index < -0.39 is 0 Å². The van der Waals surface area contributed by atoms with Gasteiger partial charge in [0.25, 0.3) is 0 Å². The van der Waals surface area contributed by atoms with Crippen LogP contribution < -0.4 is 5.73 Å². The number of fused-ring (bicyclic) bond motifs is 1. The molecule has 3 rings (SSSR count). The minimum absolute atomic E-state index is 0.754. The Labute approximate surface area is 103 Å². The number of nitrogen functional groups attached to an aromatic ring is 1. The van der Waals surface area contributed by atoms with E-state index in [0.29, 0.717) is 0 Å². The molecule has 0 fully saturated rings. The minimum Gasteiger partial charge on any atom is -0.389 e. The van der Waals surface area contributed by atoms with E-state index in [9.17, 15) is 0 Å². The first kappa shape index (κ1) is 10.2. The van der Waals surface area contributed by atoms with Gasteiger partial charge in [-0.15, -0.1) is 11.3 Å². The first-order valence-electron chi connectivity index (χ1n) is 5.31. The lowest BCUT2D eigenvalue weighted by Gasteiger charge is -2.02. The molecule has 0 radical (unpaired) electrons. The van der Waals surface area contributed by atoms with Crippen LogP contribution in [0.1, 0.15) is 5.69 Å². The molecule has 1 aromatic carbocycles. The van der Waals surface area contributed by atoms with Gasteiger partial charge in [0, 0.05) is 16.6 Å². The van der Waals surface area contributed by atoms with Crippen LogP contribution in [0.25, 0.3) is 22.2 Å². The van der Waals surface area contributed by atoms with Crippen molar-refractivity contribution in [3.8, 4) is 11.3 Å². The zero-order chi connectivity index (χ0) is 11.8. The third kappa shape index (κ3) is 1.76. The minimum atomic E-state index is 0.754. The molecule has 4 heteroatoms. The van der Waals surface area contributed by atoms with Crippen molar-refractivity contribution in [2.75, 3.05) is 5.73 Å². The number of nitrogens with zero attached hydrogens (tertiary/aromatic N) is 2. The molecule has 17 heavy (non-hydrogen) atoms. The van der Waals surface area contributed by atoms with Gasteiger partial charge in [-0.1, -0.05) is 12.1 Å². The number of hydrogen-bond acceptors (Lipinski definition) is 4. The normalized spacial score (nSPS) is 10.9. The Balaban J connectivity index is 2.20. The average Bonchev–Trinajstić information content (AvgIpc) is 2.75. The van der Waals surface area contributed by atoms with E-state index in [1.807, 2.05) is 25.1 Å². The van der Waals surface area contributed by atoms with E-state index >= 15 is 0 Å². The summed E-state index contributed by atoms with van der Waals surface area (Å²) >= 11 is 1.46. The Hall–Kier alpha value is -1.94. The van der Waals surface area contributed by atoms with Crippen LogP contribution in [0.4, 0.5) is 5.00 Å². The van der Waals surface area contributed by atoms with Crippen molar-refractivity contribution in [1.82, 2.24) is 9.97 Å². The van der Waals surface area contributed by atoms with Crippen LogP contribution in [0.3, 0.4) is 0 Å². The lowest BCUT2D eigenvalue weighted by atomic mass is 10.1. The average molecular weight is 241 g/mol. The molecule has 0 spiro atoms. The number of aryl methyl sites for hydroxylation is 1. The van der Waals surface area contributed by atoms with Crippen molar-refractivity contribution >= 4 is 27.2 Å². The number of rotatable bonds is 1. The fourth-order valence-electron chi connectivity index (χ4n) is 1.85. The van der Waals surface area contributed by atoms with Crippen LogP contribution in [-0.4, -0.2) is 9.97 Å². The zero-order valence-electron chi connectivity index (χ0n) is 9.34. The van der Waals surface area contributed by atoms with E-state index in [0.717, 1.165) is 32.9 Å². The molecule has 0 saturated heterocycles. The predicted molar refractivity (Wildman–Crippen MR) is 72.0 cm³/mol. The molecule has 84 valence electrons. The van der Waals surface area contributed by atoms with Gasteiger partial charge >= 0.3 is 0 Å². The summed E-state index contributed by atoms with van der Waals surface area (Å²) in [7, 11) is 0. The summed E-state index contributed by atoms with van der Waals surface area (Å²) in [4.78, 5) is 8.75. The van der Waals surface area contributed by atoms with Gasteiger partial charge in [-0.05, 0) is 25.1 Å². The largest absolute Gasteiger partial charge is 0.389 e. The Morgan fingerprint density at radius 3 is 2.82 bits per heavy atom. The maximum Gasteiger partial charge on any atom is 0.114 e. The quantitative estimate of drug-likeness (QED) is 0.711. The van der Waals surface area contributed by atoms with Crippen LogP contribution in [0.5, 0.6) is 0 Å². The summed E-state index contributed by atoms with van der Waals surface area (Å²) in [6, 6.07) is 10.2. The van der Waals surface area contributed by atoms with Crippen molar-refractivity contribution in [3.63, 3.8) is 0 Å². The molecule has 3 aromatic rings. The lowest BCUT2D eigenvalue weighted by molar-refractivity contribution is 1.26. The van der Waals surface area contributed by atoms with Crippen molar-refractivity contribution < 1.29 is 0 Å². The van der Waals surface area contributed by atoms with Crippen molar-refractivity contribution in [2.24, 2.45) is 0 Å². The molecule has 2 heterocycles. The Kier molecular flexibility index (Phi) is 2.30. The number of pyridine rings is 1. The maximum atomic E-state index is 5.88. The van der Waals surface area contributed by atoms with Crippen LogP contribution >= 0.6 is 11.3 Å². The topological polar surface area (TPSA) is 51.8 Å². The highest BCUT2D eigenvalue weighted by molar-refractivity contribution is 7.14. The summed E-state index contributed by atoms with van der Waals surface area (Å²) < 4.78 is 0. The molecule has 0 aliphatic heterocycles. The van der Waals surface area contributed by atoms with Crippen molar-refractivity contribution in [1.29, 1.82) is 0 Å². The van der Waals surface area contributed by atoms with Crippen molar-refractivity contribution in [2.45, 2.75) is 6.92 Å². The van der Waals surface area contributed by atoms with Gasteiger partial charge in [0.15, 0.2) is 0 Å².